The molecular formula is C19H30ClN3O4S. The van der Waals surface area contributed by atoms with Gasteiger partial charge in [-0.05, 0) is 55.8 Å². The van der Waals surface area contributed by atoms with Crippen molar-refractivity contribution in [2.45, 2.75) is 49.6 Å². The Bertz CT molecular complexity index is 736. The molecule has 1 aromatic rings. The zero-order valence-electron chi connectivity index (χ0n) is 15.9. The van der Waals surface area contributed by atoms with E-state index in [9.17, 15) is 13.2 Å². The lowest BCUT2D eigenvalue weighted by Gasteiger charge is -2.17. The summed E-state index contributed by atoms with van der Waals surface area (Å²) in [5.41, 5.74) is 6.60. The summed E-state index contributed by atoms with van der Waals surface area (Å²) >= 11 is 0. The van der Waals surface area contributed by atoms with Crippen molar-refractivity contribution in [3.05, 3.63) is 29.8 Å². The Kier molecular flexibility index (Phi) is 8.70. The fourth-order valence-electron chi connectivity index (χ4n) is 3.86. The van der Waals surface area contributed by atoms with Crippen molar-refractivity contribution >= 4 is 28.3 Å². The van der Waals surface area contributed by atoms with Crippen molar-refractivity contribution in [2.75, 3.05) is 19.7 Å². The number of carbonyl (C=O) groups excluding carboxylic acids is 1. The summed E-state index contributed by atoms with van der Waals surface area (Å²) in [6, 6.07) is 6.60. The lowest BCUT2D eigenvalue weighted by Crippen LogP contribution is -2.34. The molecule has 1 unspecified atom stereocenters. The first kappa shape index (κ1) is 23.1. The van der Waals surface area contributed by atoms with Crippen LogP contribution in [0.5, 0.6) is 0 Å². The maximum Gasteiger partial charge on any atom is 0.240 e. The van der Waals surface area contributed by atoms with Gasteiger partial charge >= 0.3 is 0 Å². The van der Waals surface area contributed by atoms with Crippen LogP contribution >= 0.6 is 12.4 Å². The molecule has 1 aliphatic heterocycles. The van der Waals surface area contributed by atoms with E-state index in [1.54, 1.807) is 24.3 Å². The molecule has 1 aromatic carbocycles. The van der Waals surface area contributed by atoms with Crippen LogP contribution < -0.4 is 15.8 Å². The Morgan fingerprint density at radius 3 is 2.54 bits per heavy atom. The van der Waals surface area contributed by atoms with E-state index in [1.807, 2.05) is 0 Å². The number of nitrogens with one attached hydrogen (secondary N) is 2. The number of halogens is 1. The highest BCUT2D eigenvalue weighted by molar-refractivity contribution is 7.89. The van der Waals surface area contributed by atoms with Gasteiger partial charge in [0.15, 0.2) is 0 Å². The van der Waals surface area contributed by atoms with Crippen LogP contribution in [0.15, 0.2) is 29.2 Å². The van der Waals surface area contributed by atoms with Crippen LogP contribution in [0.1, 0.15) is 37.7 Å². The second kappa shape index (κ2) is 10.5. The van der Waals surface area contributed by atoms with Gasteiger partial charge in [0.25, 0.3) is 0 Å². The van der Waals surface area contributed by atoms with Crippen LogP contribution in [-0.2, 0) is 26.1 Å². The van der Waals surface area contributed by atoms with Crippen molar-refractivity contribution in [1.29, 1.82) is 0 Å². The third-order valence-corrected chi connectivity index (χ3v) is 6.96. The van der Waals surface area contributed by atoms with Crippen molar-refractivity contribution in [3.63, 3.8) is 0 Å². The molecule has 28 heavy (non-hydrogen) atoms. The molecule has 0 aromatic heterocycles. The average Bonchev–Trinajstić information content (AvgIpc) is 3.36. The van der Waals surface area contributed by atoms with Gasteiger partial charge in [0, 0.05) is 25.6 Å². The SMILES string of the molecule is Cl.NC[C@H]1CCC[C@H]1C(=O)NCc1ccc(S(=O)(=O)NCC2CCCO2)cc1. The van der Waals surface area contributed by atoms with Crippen molar-refractivity contribution in [2.24, 2.45) is 17.6 Å². The first-order valence-electron chi connectivity index (χ1n) is 9.67. The molecule has 4 N–H and O–H groups in total. The summed E-state index contributed by atoms with van der Waals surface area (Å²) in [5.74, 6) is 0.307. The number of carbonyl (C=O) groups is 1. The number of ether oxygens (including phenoxy) is 1. The molecule has 1 amide bonds. The summed E-state index contributed by atoms with van der Waals surface area (Å²) in [4.78, 5) is 12.6. The van der Waals surface area contributed by atoms with Crippen LogP contribution in [-0.4, -0.2) is 40.1 Å². The fraction of sp³-hybridized carbons (Fsp3) is 0.632. The summed E-state index contributed by atoms with van der Waals surface area (Å²) in [5, 5.41) is 2.95. The average molecular weight is 432 g/mol. The molecular weight excluding hydrogens is 402 g/mol. The molecule has 2 aliphatic rings. The van der Waals surface area contributed by atoms with Crippen LogP contribution in [0, 0.1) is 11.8 Å². The van der Waals surface area contributed by atoms with Crippen LogP contribution in [0.25, 0.3) is 0 Å². The number of amides is 1. The molecule has 1 heterocycles. The van der Waals surface area contributed by atoms with Gasteiger partial charge in [-0.15, -0.1) is 12.4 Å². The van der Waals surface area contributed by atoms with Gasteiger partial charge in [-0.3, -0.25) is 4.79 Å². The van der Waals surface area contributed by atoms with Gasteiger partial charge in [-0.2, -0.15) is 0 Å². The largest absolute Gasteiger partial charge is 0.377 e. The van der Waals surface area contributed by atoms with Gasteiger partial charge < -0.3 is 15.8 Å². The number of sulfonamides is 1. The minimum atomic E-state index is -3.55. The zero-order valence-corrected chi connectivity index (χ0v) is 17.6. The van der Waals surface area contributed by atoms with Gasteiger partial charge in [-0.25, -0.2) is 13.1 Å². The molecule has 0 spiro atoms. The van der Waals surface area contributed by atoms with Gasteiger partial charge in [0.2, 0.25) is 15.9 Å². The Hall–Kier alpha value is -1.19. The Balaban J connectivity index is 0.00000280. The molecule has 1 aliphatic carbocycles. The normalized spacial score (nSPS) is 24.7. The fourth-order valence-corrected chi connectivity index (χ4v) is 4.93. The molecule has 3 rings (SSSR count). The molecule has 1 saturated carbocycles. The summed E-state index contributed by atoms with van der Waals surface area (Å²) in [6.45, 7) is 1.92. The summed E-state index contributed by atoms with van der Waals surface area (Å²) < 4.78 is 32.8. The second-order valence-corrected chi connectivity index (χ2v) is 9.15. The Morgan fingerprint density at radius 1 is 1.14 bits per heavy atom. The van der Waals surface area contributed by atoms with E-state index < -0.39 is 10.0 Å². The van der Waals surface area contributed by atoms with E-state index in [0.717, 1.165) is 37.7 Å². The molecule has 158 valence electrons. The number of hydrogen-bond acceptors (Lipinski definition) is 5. The number of hydrogen-bond donors (Lipinski definition) is 3. The molecule has 2 fully saturated rings. The maximum atomic E-state index is 12.4. The highest BCUT2D eigenvalue weighted by atomic mass is 35.5. The molecule has 9 heteroatoms. The Labute approximate surface area is 173 Å². The molecule has 3 atom stereocenters. The standard InChI is InChI=1S/C19H29N3O4S.ClH/c20-11-15-3-1-5-18(15)19(23)21-12-14-6-8-17(9-7-14)27(24,25)22-13-16-4-2-10-26-16;/h6-9,15-16,18,22H,1-5,10-13,20H2,(H,21,23);1H/t15-,16?,18-;/m1./s1. The number of nitrogens with two attached hydrogens (primary N) is 1. The van der Waals surface area contributed by atoms with Gasteiger partial charge in [-0.1, -0.05) is 18.6 Å². The van der Waals surface area contributed by atoms with Crippen molar-refractivity contribution in [3.8, 4) is 0 Å². The number of rotatable bonds is 8. The third-order valence-electron chi connectivity index (χ3n) is 5.52. The van der Waals surface area contributed by atoms with Crippen LogP contribution in [0.4, 0.5) is 0 Å². The molecule has 0 radical (unpaired) electrons. The second-order valence-electron chi connectivity index (χ2n) is 7.38. The maximum absolute atomic E-state index is 12.4. The van der Waals surface area contributed by atoms with Crippen molar-refractivity contribution < 1.29 is 17.9 Å². The predicted octanol–water partition coefficient (Wildman–Crippen LogP) is 1.56. The van der Waals surface area contributed by atoms with Crippen LogP contribution in [0.3, 0.4) is 0 Å². The van der Waals surface area contributed by atoms with E-state index in [0.29, 0.717) is 26.2 Å². The van der Waals surface area contributed by atoms with E-state index in [1.165, 1.54) is 0 Å². The smallest absolute Gasteiger partial charge is 0.240 e. The quantitative estimate of drug-likeness (QED) is 0.578. The van der Waals surface area contributed by atoms with Gasteiger partial charge in [0.05, 0.1) is 11.0 Å². The molecule has 0 bridgehead atoms. The lowest BCUT2D eigenvalue weighted by molar-refractivity contribution is -0.126. The Morgan fingerprint density at radius 2 is 1.89 bits per heavy atom. The van der Waals surface area contributed by atoms with E-state index in [2.05, 4.69) is 10.0 Å². The third kappa shape index (κ3) is 5.90. The highest BCUT2D eigenvalue weighted by Gasteiger charge is 2.31. The van der Waals surface area contributed by atoms with E-state index in [4.69, 9.17) is 10.5 Å². The summed E-state index contributed by atoms with van der Waals surface area (Å²) in [6.07, 6.45) is 4.77. The van der Waals surface area contributed by atoms with Crippen LogP contribution in [0.2, 0.25) is 0 Å². The predicted molar refractivity (Wildman–Crippen MR) is 110 cm³/mol. The van der Waals surface area contributed by atoms with E-state index in [-0.39, 0.29) is 41.1 Å². The van der Waals surface area contributed by atoms with Gasteiger partial charge in [0.1, 0.15) is 0 Å². The topological polar surface area (TPSA) is 111 Å². The first-order chi connectivity index (χ1) is 13.0. The minimum Gasteiger partial charge on any atom is -0.377 e. The highest BCUT2D eigenvalue weighted by Crippen LogP contribution is 2.31. The lowest BCUT2D eigenvalue weighted by atomic mass is 9.95. The molecule has 7 nitrogen and oxygen atoms in total. The minimum absolute atomic E-state index is 0. The first-order valence-corrected chi connectivity index (χ1v) is 11.2. The van der Waals surface area contributed by atoms with E-state index >= 15 is 0 Å². The summed E-state index contributed by atoms with van der Waals surface area (Å²) in [7, 11) is -3.55. The van der Waals surface area contributed by atoms with Crippen molar-refractivity contribution in [1.82, 2.24) is 10.0 Å². The number of benzene rings is 1. The zero-order chi connectivity index (χ0) is 19.3. The monoisotopic (exact) mass is 431 g/mol. The molecule has 1 saturated heterocycles.